The van der Waals surface area contributed by atoms with Gasteiger partial charge in [0.05, 0.1) is 6.04 Å². The molecule has 1 unspecified atom stereocenters. The molecule has 6 rings (SSSR count). The normalized spacial score (nSPS) is 23.0. The van der Waals surface area contributed by atoms with E-state index in [0.29, 0.717) is 60.5 Å². The summed E-state index contributed by atoms with van der Waals surface area (Å²) in [5, 5.41) is 7.33. The van der Waals surface area contributed by atoms with Crippen LogP contribution in [0, 0.1) is 3.57 Å². The number of carbonyl (C=O) groups is 3. The second kappa shape index (κ2) is 13.0. The molecule has 0 saturated carbocycles. The molecule has 3 aliphatic heterocycles. The van der Waals surface area contributed by atoms with Gasteiger partial charge in [-0.2, -0.15) is 0 Å². The summed E-state index contributed by atoms with van der Waals surface area (Å²) in [6.07, 6.45) is 1.32. The highest BCUT2D eigenvalue weighted by Gasteiger charge is 2.61. The summed E-state index contributed by atoms with van der Waals surface area (Å²) in [6.45, 7) is 6.51. The lowest BCUT2D eigenvalue weighted by Gasteiger charge is -2.47. The van der Waals surface area contributed by atoms with E-state index in [1.54, 1.807) is 18.2 Å². The summed E-state index contributed by atoms with van der Waals surface area (Å²) in [7, 11) is 0. The van der Waals surface area contributed by atoms with Crippen LogP contribution in [0.2, 0.25) is 10.0 Å². The molecular formula is C34H35Cl2IN4O4. The van der Waals surface area contributed by atoms with Gasteiger partial charge in [-0.05, 0) is 90.0 Å². The summed E-state index contributed by atoms with van der Waals surface area (Å²) < 4.78 is 7.64. The van der Waals surface area contributed by atoms with Crippen LogP contribution in [0.1, 0.15) is 61.8 Å². The minimum absolute atomic E-state index is 0.0540. The molecule has 3 atom stereocenters. The Kier molecular flexibility index (Phi) is 9.23. The molecule has 4 amide bonds. The van der Waals surface area contributed by atoms with Gasteiger partial charge in [0.25, 0.3) is 0 Å². The van der Waals surface area contributed by atoms with Crippen LogP contribution in [0.5, 0.6) is 5.75 Å². The Hall–Kier alpha value is -3.02. The number of hydrogen-bond donors (Lipinski definition) is 2. The summed E-state index contributed by atoms with van der Waals surface area (Å²) >= 11 is 15.1. The summed E-state index contributed by atoms with van der Waals surface area (Å²) in [4.78, 5) is 44.6. The summed E-state index contributed by atoms with van der Waals surface area (Å²) in [5.74, 6) is -0.297. The number of likely N-dealkylation sites (tertiary alicyclic amines) is 1. The third-order valence-corrected chi connectivity index (χ3v) is 10.5. The number of fused-ring (bicyclic) bond motifs is 2. The van der Waals surface area contributed by atoms with E-state index in [2.05, 4.69) is 33.2 Å². The molecule has 0 radical (unpaired) electrons. The number of nitrogens with one attached hydrogen (secondary N) is 2. The maximum Gasteiger partial charge on any atom is 0.319 e. The molecule has 236 valence electrons. The highest BCUT2D eigenvalue weighted by atomic mass is 127. The number of nitrogens with zero attached hydrogens (tertiary/aromatic N) is 2. The Morgan fingerprint density at radius 1 is 1.02 bits per heavy atom. The first kappa shape index (κ1) is 31.9. The molecule has 3 heterocycles. The van der Waals surface area contributed by atoms with Gasteiger partial charge in [0.15, 0.2) is 0 Å². The van der Waals surface area contributed by atoms with Crippen molar-refractivity contribution >= 4 is 69.3 Å². The van der Waals surface area contributed by atoms with Crippen LogP contribution in [-0.4, -0.2) is 59.9 Å². The molecule has 2 saturated heterocycles. The molecule has 2 fully saturated rings. The van der Waals surface area contributed by atoms with Gasteiger partial charge in [0.2, 0.25) is 11.8 Å². The fourth-order valence-electron chi connectivity index (χ4n) is 7.16. The SMILES string of the molecule is CCN(CC)C(=O)N1CCC(Oc2ccc(I)cc2[C@H]2NC(=O)C[C@@H](c3cccc(Cl)c3)C23C(=O)Nc2cc(Cl)ccc23)CC1. The van der Waals surface area contributed by atoms with Crippen molar-refractivity contribution < 1.29 is 19.1 Å². The van der Waals surface area contributed by atoms with E-state index < -0.39 is 17.4 Å². The number of urea groups is 1. The number of hydrogen-bond acceptors (Lipinski definition) is 4. The topological polar surface area (TPSA) is 91.0 Å². The van der Waals surface area contributed by atoms with Crippen molar-refractivity contribution in [3.63, 3.8) is 0 Å². The number of ether oxygens (including phenoxy) is 1. The highest BCUT2D eigenvalue weighted by Crippen LogP contribution is 2.58. The summed E-state index contributed by atoms with van der Waals surface area (Å²) in [6, 6.07) is 18.0. The third kappa shape index (κ3) is 5.87. The minimum Gasteiger partial charge on any atom is -0.490 e. The van der Waals surface area contributed by atoms with E-state index in [-0.39, 0.29) is 30.4 Å². The van der Waals surface area contributed by atoms with Gasteiger partial charge in [-0.3, -0.25) is 9.59 Å². The zero-order valence-electron chi connectivity index (χ0n) is 25.1. The minimum atomic E-state index is -1.21. The van der Waals surface area contributed by atoms with Crippen molar-refractivity contribution in [3.05, 3.63) is 91.0 Å². The maximum absolute atomic E-state index is 14.4. The molecule has 3 aromatic carbocycles. The van der Waals surface area contributed by atoms with Crippen LogP contribution in [0.15, 0.2) is 60.7 Å². The fourth-order valence-corrected chi connectivity index (χ4v) is 8.05. The van der Waals surface area contributed by atoms with Gasteiger partial charge in [0, 0.05) is 76.2 Å². The molecule has 2 N–H and O–H groups in total. The van der Waals surface area contributed by atoms with Crippen molar-refractivity contribution in [2.45, 2.75) is 56.6 Å². The third-order valence-electron chi connectivity index (χ3n) is 9.33. The standard InChI is InChI=1S/C34H35Cl2IN4O4/c1-3-40(4-2)33(44)41-14-12-24(13-15-41)45-29-11-9-23(37)18-25(29)31-34(26-10-8-22(36)17-28(26)38-32(34)43)27(19-30(42)39-31)20-6-5-7-21(35)16-20/h5-11,16-18,24,27,31H,3-4,12-15,19H2,1-2H3,(H,38,43)(H,39,42)/t27-,31+,34?/m0/s1. The first-order valence-electron chi connectivity index (χ1n) is 15.3. The van der Waals surface area contributed by atoms with Gasteiger partial charge in [-0.25, -0.2) is 4.79 Å². The highest BCUT2D eigenvalue weighted by molar-refractivity contribution is 14.1. The second-order valence-corrected chi connectivity index (χ2v) is 13.9. The number of carbonyl (C=O) groups excluding carboxylic acids is 3. The molecule has 0 aromatic heterocycles. The van der Waals surface area contributed by atoms with Crippen molar-refractivity contribution in [1.82, 2.24) is 15.1 Å². The number of amides is 4. The molecule has 0 bridgehead atoms. The van der Waals surface area contributed by atoms with Crippen LogP contribution in [0.4, 0.5) is 10.5 Å². The number of rotatable bonds is 6. The zero-order chi connectivity index (χ0) is 31.9. The van der Waals surface area contributed by atoms with Gasteiger partial charge < -0.3 is 25.2 Å². The lowest BCUT2D eigenvalue weighted by atomic mass is 9.59. The van der Waals surface area contributed by atoms with Gasteiger partial charge in [-0.15, -0.1) is 0 Å². The molecule has 11 heteroatoms. The lowest BCUT2D eigenvalue weighted by molar-refractivity contribution is -0.131. The largest absolute Gasteiger partial charge is 0.490 e. The molecule has 1 spiro atoms. The Bertz CT molecular complexity index is 1640. The van der Waals surface area contributed by atoms with Crippen LogP contribution >= 0.6 is 45.8 Å². The van der Waals surface area contributed by atoms with Crippen molar-refractivity contribution in [2.24, 2.45) is 0 Å². The molecule has 3 aliphatic rings. The zero-order valence-corrected chi connectivity index (χ0v) is 28.8. The molecular weight excluding hydrogens is 726 g/mol. The van der Waals surface area contributed by atoms with Gasteiger partial charge in [0.1, 0.15) is 17.3 Å². The predicted octanol–water partition coefficient (Wildman–Crippen LogP) is 7.14. The number of halogens is 3. The monoisotopic (exact) mass is 760 g/mol. The van der Waals surface area contributed by atoms with Crippen LogP contribution in [-0.2, 0) is 15.0 Å². The second-order valence-electron chi connectivity index (χ2n) is 11.8. The quantitative estimate of drug-likeness (QED) is 0.262. The fraction of sp³-hybridized carbons (Fsp3) is 0.382. The maximum atomic E-state index is 14.4. The Morgan fingerprint density at radius 3 is 2.47 bits per heavy atom. The number of anilines is 1. The average Bonchev–Trinajstić information content (AvgIpc) is 3.30. The molecule has 8 nitrogen and oxygen atoms in total. The van der Waals surface area contributed by atoms with Gasteiger partial charge >= 0.3 is 6.03 Å². The lowest BCUT2D eigenvalue weighted by Crippen LogP contribution is -2.57. The molecule has 45 heavy (non-hydrogen) atoms. The van der Waals surface area contributed by atoms with Gasteiger partial charge in [-0.1, -0.05) is 41.4 Å². The van der Waals surface area contributed by atoms with E-state index in [1.165, 1.54) is 0 Å². The first-order chi connectivity index (χ1) is 21.6. The van der Waals surface area contributed by atoms with Crippen LogP contribution in [0.3, 0.4) is 0 Å². The predicted molar refractivity (Wildman–Crippen MR) is 184 cm³/mol. The molecule has 0 aliphatic carbocycles. The Balaban J connectivity index is 1.41. The van der Waals surface area contributed by atoms with E-state index in [4.69, 9.17) is 27.9 Å². The van der Waals surface area contributed by atoms with Crippen molar-refractivity contribution in [1.29, 1.82) is 0 Å². The van der Waals surface area contributed by atoms with Crippen molar-refractivity contribution in [3.8, 4) is 5.75 Å². The Morgan fingerprint density at radius 2 is 1.76 bits per heavy atom. The summed E-state index contributed by atoms with van der Waals surface area (Å²) in [5.41, 5.74) is 1.71. The van der Waals surface area contributed by atoms with Crippen LogP contribution < -0.4 is 15.4 Å². The van der Waals surface area contributed by atoms with Crippen LogP contribution in [0.25, 0.3) is 0 Å². The molecule has 3 aromatic rings. The van der Waals surface area contributed by atoms with E-state index in [0.717, 1.165) is 20.3 Å². The smallest absolute Gasteiger partial charge is 0.319 e. The Labute approximate surface area is 286 Å². The average molecular weight is 761 g/mol. The number of benzene rings is 3. The van der Waals surface area contributed by atoms with E-state index in [9.17, 15) is 14.4 Å². The number of piperidine rings is 2. The van der Waals surface area contributed by atoms with E-state index in [1.807, 2.05) is 66.1 Å². The van der Waals surface area contributed by atoms with E-state index >= 15 is 0 Å². The van der Waals surface area contributed by atoms with Crippen molar-refractivity contribution in [2.75, 3.05) is 31.5 Å². The first-order valence-corrected chi connectivity index (χ1v) is 17.1.